The molecule has 2 fully saturated rings. The lowest BCUT2D eigenvalue weighted by molar-refractivity contribution is -0.912. The first-order chi connectivity index (χ1) is 14.3. The molecule has 1 aromatic carbocycles. The lowest BCUT2D eigenvalue weighted by atomic mass is 10.1. The highest BCUT2D eigenvalue weighted by Gasteiger charge is 2.33. The second-order valence-corrected chi connectivity index (χ2v) is 13.4. The first-order valence-electron chi connectivity index (χ1n) is 11.2. The van der Waals surface area contributed by atoms with Crippen LogP contribution >= 0.6 is 0 Å². The number of likely N-dealkylation sites (tertiary alicyclic amines) is 2. The molecular weight excluding hydrogens is 436 g/mol. The number of hydrogen-bond acceptors (Lipinski definition) is 4. The van der Waals surface area contributed by atoms with E-state index in [2.05, 4.69) is 14.1 Å². The number of sulfone groups is 1. The molecular formula is C22H40N2O5S2+2. The molecule has 2 heterocycles. The summed E-state index contributed by atoms with van der Waals surface area (Å²) < 4.78 is 56.2. The van der Waals surface area contributed by atoms with Crippen molar-refractivity contribution in [2.75, 3.05) is 58.4 Å². The van der Waals surface area contributed by atoms with Gasteiger partial charge in [-0.15, -0.1) is 0 Å². The zero-order chi connectivity index (χ0) is 23.2. The van der Waals surface area contributed by atoms with Crippen LogP contribution in [0.3, 0.4) is 0 Å². The Morgan fingerprint density at radius 3 is 1.68 bits per heavy atom. The van der Waals surface area contributed by atoms with Crippen LogP contribution in [-0.2, 0) is 20.0 Å². The van der Waals surface area contributed by atoms with Gasteiger partial charge in [-0.3, -0.25) is 4.55 Å². The highest BCUT2D eigenvalue weighted by Crippen LogP contribution is 2.20. The molecule has 0 aromatic heterocycles. The molecule has 3 rings (SSSR count). The van der Waals surface area contributed by atoms with Crippen LogP contribution in [0.5, 0.6) is 0 Å². The van der Waals surface area contributed by atoms with Crippen molar-refractivity contribution in [1.82, 2.24) is 0 Å². The SMILES string of the molecule is C[N+]1(CCS(=O)(=O)C[N+]2(C)CCCCC2)CCCCC1.Cc1ccc(S(=O)(=O)O)cc1. The van der Waals surface area contributed by atoms with E-state index < -0.39 is 20.0 Å². The summed E-state index contributed by atoms with van der Waals surface area (Å²) in [5.74, 6) is 0.727. The highest BCUT2D eigenvalue weighted by molar-refractivity contribution is 7.91. The average molecular weight is 477 g/mol. The second kappa shape index (κ2) is 10.7. The van der Waals surface area contributed by atoms with Crippen LogP contribution in [0.25, 0.3) is 0 Å². The van der Waals surface area contributed by atoms with Gasteiger partial charge in [-0.25, -0.2) is 8.42 Å². The number of nitrogens with zero attached hydrogens (tertiary/aromatic N) is 2. The molecule has 2 aliphatic rings. The van der Waals surface area contributed by atoms with Gasteiger partial charge in [0.1, 0.15) is 5.75 Å². The fourth-order valence-electron chi connectivity index (χ4n) is 4.51. The van der Waals surface area contributed by atoms with Gasteiger partial charge in [0.05, 0.1) is 51.7 Å². The van der Waals surface area contributed by atoms with Crippen LogP contribution in [0.2, 0.25) is 0 Å². The number of benzene rings is 1. The molecule has 0 spiro atoms. The lowest BCUT2D eigenvalue weighted by Gasteiger charge is -2.39. The Balaban J connectivity index is 0.000000262. The van der Waals surface area contributed by atoms with E-state index in [9.17, 15) is 16.8 Å². The van der Waals surface area contributed by atoms with E-state index in [0.29, 0.717) is 11.6 Å². The Hall–Kier alpha value is -1.00. The molecule has 0 bridgehead atoms. The second-order valence-electron chi connectivity index (χ2n) is 9.84. The van der Waals surface area contributed by atoms with Gasteiger partial charge in [-0.1, -0.05) is 17.7 Å². The minimum atomic E-state index is -4.02. The first-order valence-corrected chi connectivity index (χ1v) is 14.5. The summed E-state index contributed by atoms with van der Waals surface area (Å²) in [4.78, 5) is -0.0666. The van der Waals surface area contributed by atoms with Gasteiger partial charge in [-0.2, -0.15) is 8.42 Å². The molecule has 0 atom stereocenters. The summed E-state index contributed by atoms with van der Waals surface area (Å²) in [7, 11) is -2.59. The van der Waals surface area contributed by atoms with Gasteiger partial charge in [0.2, 0.25) is 9.84 Å². The third-order valence-electron chi connectivity index (χ3n) is 6.56. The predicted molar refractivity (Wildman–Crippen MR) is 124 cm³/mol. The van der Waals surface area contributed by atoms with Crippen molar-refractivity contribution >= 4 is 20.0 Å². The molecule has 1 N–H and O–H groups in total. The molecule has 9 heteroatoms. The van der Waals surface area contributed by atoms with Gasteiger partial charge < -0.3 is 8.97 Å². The summed E-state index contributed by atoms with van der Waals surface area (Å²) >= 11 is 0. The minimum absolute atomic E-state index is 0.0666. The van der Waals surface area contributed by atoms with Crippen molar-refractivity contribution in [2.45, 2.75) is 50.3 Å². The number of hydrogen-bond donors (Lipinski definition) is 1. The summed E-state index contributed by atoms with van der Waals surface area (Å²) in [6, 6.07) is 5.99. The summed E-state index contributed by atoms with van der Waals surface area (Å²) in [6.45, 7) is 7.02. The van der Waals surface area contributed by atoms with Crippen molar-refractivity contribution < 1.29 is 30.4 Å². The van der Waals surface area contributed by atoms with Gasteiger partial charge in [0.25, 0.3) is 10.1 Å². The van der Waals surface area contributed by atoms with E-state index in [1.165, 1.54) is 50.7 Å². The van der Waals surface area contributed by atoms with Crippen molar-refractivity contribution in [2.24, 2.45) is 0 Å². The van der Waals surface area contributed by atoms with Crippen LogP contribution < -0.4 is 0 Å². The Morgan fingerprint density at radius 1 is 0.774 bits per heavy atom. The largest absolute Gasteiger partial charge is 0.325 e. The minimum Gasteiger partial charge on any atom is -0.325 e. The van der Waals surface area contributed by atoms with Crippen LogP contribution in [0.4, 0.5) is 0 Å². The fourth-order valence-corrected chi connectivity index (χ4v) is 7.05. The number of piperidine rings is 2. The Kier molecular flexibility index (Phi) is 9.10. The monoisotopic (exact) mass is 476 g/mol. The summed E-state index contributed by atoms with van der Waals surface area (Å²) in [5.41, 5.74) is 0.956. The van der Waals surface area contributed by atoms with E-state index in [0.717, 1.165) is 47.3 Å². The van der Waals surface area contributed by atoms with Gasteiger partial charge in [0, 0.05) is 0 Å². The number of rotatable bonds is 6. The smallest absolute Gasteiger partial charge is 0.294 e. The lowest BCUT2D eigenvalue weighted by Crippen LogP contribution is -2.54. The molecule has 0 unspecified atom stereocenters. The highest BCUT2D eigenvalue weighted by atomic mass is 32.2. The summed E-state index contributed by atoms with van der Waals surface area (Å²) in [6.07, 6.45) is 7.45. The van der Waals surface area contributed by atoms with Gasteiger partial charge >= 0.3 is 0 Å². The van der Waals surface area contributed by atoms with E-state index >= 15 is 0 Å². The normalized spacial score (nSPS) is 21.0. The van der Waals surface area contributed by atoms with Gasteiger partial charge in [-0.05, 0) is 57.6 Å². The van der Waals surface area contributed by atoms with E-state index in [-0.39, 0.29) is 4.90 Å². The molecule has 0 radical (unpaired) electrons. The molecule has 178 valence electrons. The Morgan fingerprint density at radius 2 is 1.23 bits per heavy atom. The maximum Gasteiger partial charge on any atom is 0.294 e. The molecule has 1 aromatic rings. The van der Waals surface area contributed by atoms with Crippen LogP contribution in [0.15, 0.2) is 29.2 Å². The van der Waals surface area contributed by atoms with Crippen molar-refractivity contribution in [1.29, 1.82) is 0 Å². The maximum absolute atomic E-state index is 12.5. The molecule has 2 saturated heterocycles. The molecule has 0 saturated carbocycles. The first kappa shape index (κ1) is 26.3. The quantitative estimate of drug-likeness (QED) is 0.504. The van der Waals surface area contributed by atoms with Crippen LogP contribution in [-0.4, -0.2) is 88.8 Å². The standard InChI is InChI=1S/C15H32N2O2S.C7H8O3S/c1-16(9-5-3-6-10-16)13-14-20(18,19)15-17(2)11-7-4-8-12-17;1-6-2-4-7(5-3-6)11(8,9)10/h3-15H2,1-2H3;2-5H,1H3,(H,8,9,10)/q+2;. The zero-order valence-corrected chi connectivity index (χ0v) is 20.9. The third kappa shape index (κ3) is 9.18. The molecule has 31 heavy (non-hydrogen) atoms. The third-order valence-corrected chi connectivity index (χ3v) is 9.25. The molecule has 2 aliphatic heterocycles. The van der Waals surface area contributed by atoms with E-state index in [1.807, 2.05) is 6.92 Å². The predicted octanol–water partition coefficient (Wildman–Crippen LogP) is 2.86. The topological polar surface area (TPSA) is 88.5 Å². The maximum atomic E-state index is 12.5. The number of aryl methyl sites for hydroxylation is 1. The van der Waals surface area contributed by atoms with Crippen molar-refractivity contribution in [3.8, 4) is 0 Å². The van der Waals surface area contributed by atoms with Crippen molar-refractivity contribution in [3.05, 3.63) is 29.8 Å². The van der Waals surface area contributed by atoms with Crippen LogP contribution in [0, 0.1) is 6.92 Å². The number of quaternary nitrogens is 2. The molecule has 0 aliphatic carbocycles. The molecule has 7 nitrogen and oxygen atoms in total. The Labute approximate surface area is 188 Å². The zero-order valence-electron chi connectivity index (χ0n) is 19.3. The van der Waals surface area contributed by atoms with Crippen LogP contribution in [0.1, 0.15) is 44.1 Å². The molecule has 0 amide bonds. The average Bonchev–Trinajstić information content (AvgIpc) is 2.67. The van der Waals surface area contributed by atoms with E-state index in [1.54, 1.807) is 12.1 Å². The van der Waals surface area contributed by atoms with E-state index in [4.69, 9.17) is 4.55 Å². The van der Waals surface area contributed by atoms with Gasteiger partial charge in [0.15, 0.2) is 5.88 Å². The fraction of sp³-hybridized carbons (Fsp3) is 0.727. The summed E-state index contributed by atoms with van der Waals surface area (Å²) in [5, 5.41) is 0. The van der Waals surface area contributed by atoms with Crippen molar-refractivity contribution in [3.63, 3.8) is 0 Å². The Bertz CT molecular complexity index is 900.